The fourth-order valence-corrected chi connectivity index (χ4v) is 4.17. The highest BCUT2D eigenvalue weighted by Crippen LogP contribution is 2.41. The number of nitrogens with zero attached hydrogens (tertiary/aromatic N) is 3. The summed E-state index contributed by atoms with van der Waals surface area (Å²) in [7, 11) is 2.06. The van der Waals surface area contributed by atoms with Crippen LogP contribution in [0, 0.1) is 0 Å². The van der Waals surface area contributed by atoms with Gasteiger partial charge in [-0.2, -0.15) is 16.9 Å². The molecule has 2 heterocycles. The average Bonchev–Trinajstić information content (AvgIpc) is 2.97. The first-order valence-corrected chi connectivity index (χ1v) is 7.86. The van der Waals surface area contributed by atoms with E-state index in [0.29, 0.717) is 10.8 Å². The van der Waals surface area contributed by atoms with Crippen LogP contribution < -0.4 is 5.32 Å². The summed E-state index contributed by atoms with van der Waals surface area (Å²) in [5.41, 5.74) is 0. The maximum absolute atomic E-state index is 4.43. The number of rotatable bonds is 6. The SMILES string of the molecule is CCCn1ncnc1CC(NC)C1(C)CCCS1. The number of nitrogens with one attached hydrogen (secondary N) is 1. The molecule has 1 N–H and O–H groups in total. The van der Waals surface area contributed by atoms with Gasteiger partial charge in [-0.05, 0) is 39.0 Å². The minimum absolute atomic E-state index is 0.345. The summed E-state index contributed by atoms with van der Waals surface area (Å²) in [5.74, 6) is 2.40. The fraction of sp³-hybridized carbons (Fsp3) is 0.846. The molecule has 2 rings (SSSR count). The second-order valence-corrected chi connectivity index (χ2v) is 6.84. The van der Waals surface area contributed by atoms with E-state index in [2.05, 4.69) is 48.1 Å². The summed E-state index contributed by atoms with van der Waals surface area (Å²) in [6.45, 7) is 5.52. The summed E-state index contributed by atoms with van der Waals surface area (Å²) >= 11 is 2.10. The van der Waals surface area contributed by atoms with Crippen molar-refractivity contribution in [2.75, 3.05) is 12.8 Å². The standard InChI is InChI=1S/C13H24N4S/c1-4-7-17-12(15-10-16-17)9-11(14-3)13(2)6-5-8-18-13/h10-11,14H,4-9H2,1-3H3. The zero-order chi connectivity index (χ0) is 13.0. The van der Waals surface area contributed by atoms with Crippen molar-refractivity contribution in [3.8, 4) is 0 Å². The van der Waals surface area contributed by atoms with E-state index < -0.39 is 0 Å². The molecule has 0 aliphatic carbocycles. The highest BCUT2D eigenvalue weighted by Gasteiger charge is 2.37. The molecule has 0 aromatic carbocycles. The van der Waals surface area contributed by atoms with Gasteiger partial charge in [0.15, 0.2) is 0 Å². The van der Waals surface area contributed by atoms with E-state index in [9.17, 15) is 0 Å². The summed E-state index contributed by atoms with van der Waals surface area (Å²) < 4.78 is 2.39. The molecule has 0 amide bonds. The molecule has 0 radical (unpaired) electrons. The van der Waals surface area contributed by atoms with Crippen LogP contribution >= 0.6 is 11.8 Å². The second-order valence-electron chi connectivity index (χ2n) is 5.21. The van der Waals surface area contributed by atoms with Gasteiger partial charge in [0.1, 0.15) is 12.2 Å². The lowest BCUT2D eigenvalue weighted by Crippen LogP contribution is -2.45. The van der Waals surface area contributed by atoms with Crippen LogP contribution in [0.3, 0.4) is 0 Å². The molecular weight excluding hydrogens is 244 g/mol. The Morgan fingerprint density at radius 2 is 2.44 bits per heavy atom. The Balaban J connectivity index is 2.07. The zero-order valence-electron chi connectivity index (χ0n) is 11.6. The topological polar surface area (TPSA) is 42.7 Å². The maximum Gasteiger partial charge on any atom is 0.138 e. The summed E-state index contributed by atoms with van der Waals surface area (Å²) in [5, 5.41) is 7.80. The number of aromatic nitrogens is 3. The molecule has 2 atom stereocenters. The first-order valence-electron chi connectivity index (χ1n) is 6.87. The molecule has 4 nitrogen and oxygen atoms in total. The smallest absolute Gasteiger partial charge is 0.138 e. The third kappa shape index (κ3) is 2.88. The molecule has 0 spiro atoms. The maximum atomic E-state index is 4.43. The molecule has 1 aliphatic rings. The average molecular weight is 268 g/mol. The Morgan fingerprint density at radius 3 is 3.06 bits per heavy atom. The van der Waals surface area contributed by atoms with Crippen molar-refractivity contribution in [3.05, 3.63) is 12.2 Å². The van der Waals surface area contributed by atoms with Crippen LogP contribution in [0.25, 0.3) is 0 Å². The van der Waals surface area contributed by atoms with Gasteiger partial charge in [0.25, 0.3) is 0 Å². The normalized spacial score (nSPS) is 25.5. The molecule has 1 saturated heterocycles. The molecule has 5 heteroatoms. The highest BCUT2D eigenvalue weighted by atomic mass is 32.2. The number of thioether (sulfide) groups is 1. The van der Waals surface area contributed by atoms with Crippen LogP contribution in [0.1, 0.15) is 38.9 Å². The van der Waals surface area contributed by atoms with Gasteiger partial charge in [-0.15, -0.1) is 0 Å². The van der Waals surface area contributed by atoms with Crippen molar-refractivity contribution in [2.45, 2.75) is 56.9 Å². The minimum atomic E-state index is 0.345. The molecular formula is C13H24N4S. The van der Waals surface area contributed by atoms with Gasteiger partial charge >= 0.3 is 0 Å². The van der Waals surface area contributed by atoms with Crippen molar-refractivity contribution in [1.82, 2.24) is 20.1 Å². The van der Waals surface area contributed by atoms with E-state index in [-0.39, 0.29) is 0 Å². The minimum Gasteiger partial charge on any atom is -0.315 e. The number of likely N-dealkylation sites (N-methyl/N-ethyl adjacent to an activating group) is 1. The fourth-order valence-electron chi connectivity index (χ4n) is 2.73. The molecule has 1 fully saturated rings. The molecule has 2 unspecified atom stereocenters. The van der Waals surface area contributed by atoms with Crippen LogP contribution in [0.15, 0.2) is 6.33 Å². The van der Waals surface area contributed by atoms with Crippen molar-refractivity contribution >= 4 is 11.8 Å². The molecule has 1 aromatic rings. The van der Waals surface area contributed by atoms with Crippen molar-refractivity contribution < 1.29 is 0 Å². The van der Waals surface area contributed by atoms with Gasteiger partial charge in [0, 0.05) is 23.8 Å². The second kappa shape index (κ2) is 6.06. The number of hydrogen-bond acceptors (Lipinski definition) is 4. The van der Waals surface area contributed by atoms with Crippen LogP contribution in [0.5, 0.6) is 0 Å². The van der Waals surface area contributed by atoms with Gasteiger partial charge in [0.05, 0.1) is 0 Å². The molecule has 18 heavy (non-hydrogen) atoms. The lowest BCUT2D eigenvalue weighted by atomic mass is 9.93. The monoisotopic (exact) mass is 268 g/mol. The van der Waals surface area contributed by atoms with Gasteiger partial charge in [-0.1, -0.05) is 6.92 Å². The van der Waals surface area contributed by atoms with E-state index in [1.54, 1.807) is 6.33 Å². The van der Waals surface area contributed by atoms with Gasteiger partial charge in [-0.3, -0.25) is 4.68 Å². The summed E-state index contributed by atoms with van der Waals surface area (Å²) in [6, 6.07) is 0.477. The van der Waals surface area contributed by atoms with Crippen LogP contribution in [0.4, 0.5) is 0 Å². The Hall–Kier alpha value is -0.550. The third-order valence-electron chi connectivity index (χ3n) is 3.85. The van der Waals surface area contributed by atoms with Crippen molar-refractivity contribution in [3.63, 3.8) is 0 Å². The summed E-state index contributed by atoms with van der Waals surface area (Å²) in [4.78, 5) is 4.43. The largest absolute Gasteiger partial charge is 0.315 e. The van der Waals surface area contributed by atoms with E-state index in [4.69, 9.17) is 0 Å². The molecule has 0 bridgehead atoms. The first-order chi connectivity index (χ1) is 8.69. The predicted octanol–water partition coefficient (Wildman–Crippen LogP) is 2.10. The first kappa shape index (κ1) is 13.9. The Labute approximate surface area is 114 Å². The Bertz CT molecular complexity index is 371. The highest BCUT2D eigenvalue weighted by molar-refractivity contribution is 8.00. The predicted molar refractivity (Wildman–Crippen MR) is 77.0 cm³/mol. The number of aryl methyl sites for hydroxylation is 1. The lowest BCUT2D eigenvalue weighted by Gasteiger charge is -2.32. The summed E-state index contributed by atoms with van der Waals surface area (Å²) in [6.07, 6.45) is 6.39. The van der Waals surface area contributed by atoms with Gasteiger partial charge < -0.3 is 5.32 Å². The third-order valence-corrected chi connectivity index (χ3v) is 5.49. The molecule has 1 aromatic heterocycles. The van der Waals surface area contributed by atoms with Crippen LogP contribution in [0.2, 0.25) is 0 Å². The Kier molecular flexibility index (Phi) is 4.67. The molecule has 0 saturated carbocycles. The van der Waals surface area contributed by atoms with E-state index >= 15 is 0 Å². The van der Waals surface area contributed by atoms with Crippen LogP contribution in [-0.2, 0) is 13.0 Å². The van der Waals surface area contributed by atoms with Crippen molar-refractivity contribution in [1.29, 1.82) is 0 Å². The number of hydrogen-bond donors (Lipinski definition) is 1. The zero-order valence-corrected chi connectivity index (χ0v) is 12.5. The molecule has 1 aliphatic heterocycles. The van der Waals surface area contributed by atoms with Crippen molar-refractivity contribution in [2.24, 2.45) is 0 Å². The van der Waals surface area contributed by atoms with Crippen LogP contribution in [-0.4, -0.2) is 38.4 Å². The van der Waals surface area contributed by atoms with E-state index in [1.165, 1.54) is 18.6 Å². The Morgan fingerprint density at radius 1 is 1.61 bits per heavy atom. The molecule has 102 valence electrons. The van der Waals surface area contributed by atoms with E-state index in [0.717, 1.165) is 25.2 Å². The van der Waals surface area contributed by atoms with Gasteiger partial charge in [-0.25, -0.2) is 4.98 Å². The lowest BCUT2D eigenvalue weighted by molar-refractivity contribution is 0.407. The van der Waals surface area contributed by atoms with E-state index in [1.807, 2.05) is 4.68 Å². The quantitative estimate of drug-likeness (QED) is 0.858. The van der Waals surface area contributed by atoms with Gasteiger partial charge in [0.2, 0.25) is 0 Å².